The van der Waals surface area contributed by atoms with Gasteiger partial charge in [-0.25, -0.2) is 0 Å². The summed E-state index contributed by atoms with van der Waals surface area (Å²) in [6.45, 7) is 13.1. The third kappa shape index (κ3) is 6.69. The molecule has 0 N–H and O–H groups in total. The van der Waals surface area contributed by atoms with E-state index in [4.69, 9.17) is 4.99 Å². The first-order chi connectivity index (χ1) is 23.6. The van der Waals surface area contributed by atoms with E-state index in [2.05, 4.69) is 154 Å². The van der Waals surface area contributed by atoms with Crippen molar-refractivity contribution in [2.75, 3.05) is 11.9 Å². The summed E-state index contributed by atoms with van der Waals surface area (Å²) in [6, 6.07) is 25.8. The Kier molecular flexibility index (Phi) is 9.44. The molecular formula is C42H42N4S3. The zero-order chi connectivity index (χ0) is 34.2. The highest BCUT2D eigenvalue weighted by atomic mass is 32.2. The molecule has 3 heterocycles. The maximum atomic E-state index is 5.05. The summed E-state index contributed by atoms with van der Waals surface area (Å²) < 4.78 is 1.96. The molecule has 0 unspecified atom stereocenters. The summed E-state index contributed by atoms with van der Waals surface area (Å²) in [6.07, 6.45) is 14.3. The van der Waals surface area contributed by atoms with E-state index >= 15 is 0 Å². The van der Waals surface area contributed by atoms with Crippen LogP contribution >= 0.6 is 34.9 Å². The highest BCUT2D eigenvalue weighted by Crippen LogP contribution is 2.48. The standard InChI is InChI=1S/C42H42N4S3/c1-7-28-19-21-29(22-20-28)27-47-39-44-45-40(49-39)48-38-30(23-25-36-41(2,3)32-15-8-10-17-34(32)43-36)13-12-14-31(38)24-26-37-42(4,5)33-16-9-11-18-35(33)46(37)6/h7-11,15-26H,1,12-14,27H2,2-6H3/b25-23+,31-24+,37-26-. The Balaban J connectivity index is 1.20. The molecule has 0 radical (unpaired) electrons. The van der Waals surface area contributed by atoms with Crippen LogP contribution in [-0.4, -0.2) is 23.0 Å². The van der Waals surface area contributed by atoms with E-state index < -0.39 is 0 Å². The fourth-order valence-electron chi connectivity index (χ4n) is 7.04. The molecule has 0 fully saturated rings. The molecule has 4 nitrogen and oxygen atoms in total. The van der Waals surface area contributed by atoms with Crippen LogP contribution in [0.25, 0.3) is 6.08 Å². The highest BCUT2D eigenvalue weighted by Gasteiger charge is 2.38. The molecule has 3 aliphatic rings. The number of rotatable bonds is 9. The molecule has 0 spiro atoms. The van der Waals surface area contributed by atoms with Gasteiger partial charge in [0.15, 0.2) is 8.68 Å². The zero-order valence-corrected chi connectivity index (χ0v) is 31.3. The van der Waals surface area contributed by atoms with Crippen LogP contribution in [0.1, 0.15) is 69.2 Å². The number of aromatic nitrogens is 2. The normalized spacial score (nSPS) is 19.5. The third-order valence-electron chi connectivity index (χ3n) is 9.91. The van der Waals surface area contributed by atoms with Crippen LogP contribution in [0.4, 0.5) is 11.4 Å². The predicted molar refractivity (Wildman–Crippen MR) is 212 cm³/mol. The summed E-state index contributed by atoms with van der Waals surface area (Å²) in [5.74, 6) is 0.859. The molecule has 0 bridgehead atoms. The van der Waals surface area contributed by atoms with Crippen molar-refractivity contribution in [2.45, 2.75) is 72.2 Å². The van der Waals surface area contributed by atoms with Gasteiger partial charge >= 0.3 is 0 Å². The number of anilines is 1. The van der Waals surface area contributed by atoms with E-state index in [-0.39, 0.29) is 10.8 Å². The van der Waals surface area contributed by atoms with Crippen molar-refractivity contribution in [1.82, 2.24) is 10.2 Å². The van der Waals surface area contributed by atoms with Gasteiger partial charge in [-0.15, -0.1) is 10.2 Å². The highest BCUT2D eigenvalue weighted by molar-refractivity contribution is 8.05. The number of nitrogens with zero attached hydrogens (tertiary/aromatic N) is 4. The molecule has 49 heavy (non-hydrogen) atoms. The molecule has 4 aromatic rings. The van der Waals surface area contributed by atoms with E-state index in [1.807, 2.05) is 6.08 Å². The lowest BCUT2D eigenvalue weighted by Crippen LogP contribution is -2.23. The largest absolute Gasteiger partial charge is 0.347 e. The number of fused-ring (bicyclic) bond motifs is 2. The topological polar surface area (TPSA) is 41.4 Å². The third-order valence-corrected chi connectivity index (χ3v) is 13.3. The molecule has 0 atom stereocenters. The Hall–Kier alpha value is -3.91. The maximum Gasteiger partial charge on any atom is 0.179 e. The second kappa shape index (κ2) is 13.8. The SMILES string of the molecule is C=Cc1ccc(CSc2nnc(SC3=C(/C=C/C4=Nc5ccccc5C4(C)C)CCC/C3=C\C=C3/N(C)c4ccccc4C3(C)C)s2)cc1. The van der Waals surface area contributed by atoms with Gasteiger partial charge < -0.3 is 4.90 Å². The van der Waals surface area contributed by atoms with Crippen molar-refractivity contribution in [3.63, 3.8) is 0 Å². The first kappa shape index (κ1) is 33.6. The van der Waals surface area contributed by atoms with Crippen molar-refractivity contribution in [2.24, 2.45) is 4.99 Å². The van der Waals surface area contributed by atoms with Gasteiger partial charge in [0.05, 0.1) is 11.4 Å². The lowest BCUT2D eigenvalue weighted by molar-refractivity contribution is 0.640. The molecule has 1 aromatic heterocycles. The second-order valence-electron chi connectivity index (χ2n) is 13.8. The maximum absolute atomic E-state index is 5.05. The van der Waals surface area contributed by atoms with Crippen LogP contribution < -0.4 is 4.90 Å². The smallest absolute Gasteiger partial charge is 0.179 e. The molecule has 7 heteroatoms. The first-order valence-corrected chi connectivity index (χ1v) is 19.5. The Bertz CT molecular complexity index is 2060. The van der Waals surface area contributed by atoms with Crippen LogP contribution in [0, 0.1) is 0 Å². The summed E-state index contributed by atoms with van der Waals surface area (Å²) in [5, 5.41) is 9.26. The minimum atomic E-state index is -0.135. The van der Waals surface area contributed by atoms with Crippen LogP contribution in [-0.2, 0) is 16.6 Å². The van der Waals surface area contributed by atoms with Gasteiger partial charge in [-0.2, -0.15) is 0 Å². The molecule has 0 saturated heterocycles. The van der Waals surface area contributed by atoms with E-state index in [1.165, 1.54) is 44.1 Å². The monoisotopic (exact) mass is 698 g/mol. The molecular weight excluding hydrogens is 657 g/mol. The number of para-hydroxylation sites is 2. The summed E-state index contributed by atoms with van der Waals surface area (Å²) in [5.41, 5.74) is 12.3. The number of thioether (sulfide) groups is 2. The number of aliphatic imine (C=N–C) groups is 1. The Labute approximate surface area is 303 Å². The quantitative estimate of drug-likeness (QED) is 0.163. The van der Waals surface area contributed by atoms with E-state index in [0.29, 0.717) is 0 Å². The lowest BCUT2D eigenvalue weighted by atomic mass is 9.81. The van der Waals surface area contributed by atoms with Crippen molar-refractivity contribution in [3.05, 3.63) is 148 Å². The second-order valence-corrected chi connectivity index (χ2v) is 17.3. The number of likely N-dealkylation sites (N-methyl/N-ethyl adjacent to an activating group) is 1. The molecule has 0 saturated carbocycles. The molecule has 3 aromatic carbocycles. The summed E-state index contributed by atoms with van der Waals surface area (Å²) >= 11 is 5.19. The van der Waals surface area contributed by atoms with E-state index in [9.17, 15) is 0 Å². The Morgan fingerprint density at radius 1 is 0.837 bits per heavy atom. The van der Waals surface area contributed by atoms with Gasteiger partial charge in [0.25, 0.3) is 0 Å². The molecule has 7 rings (SSSR count). The van der Waals surface area contributed by atoms with Gasteiger partial charge in [-0.05, 0) is 76.9 Å². The fraction of sp³-hybridized carbons (Fsp3) is 0.262. The average Bonchev–Trinajstić information content (AvgIpc) is 3.73. The minimum Gasteiger partial charge on any atom is -0.347 e. The average molecular weight is 699 g/mol. The van der Waals surface area contributed by atoms with Crippen LogP contribution in [0.2, 0.25) is 0 Å². The Morgan fingerprint density at radius 3 is 2.33 bits per heavy atom. The van der Waals surface area contributed by atoms with Gasteiger partial charge in [0, 0.05) is 39.9 Å². The van der Waals surface area contributed by atoms with Crippen LogP contribution in [0.3, 0.4) is 0 Å². The van der Waals surface area contributed by atoms with Gasteiger partial charge in [-0.1, -0.05) is 148 Å². The van der Waals surface area contributed by atoms with Gasteiger partial charge in [0.2, 0.25) is 0 Å². The van der Waals surface area contributed by atoms with Crippen LogP contribution in [0.5, 0.6) is 0 Å². The predicted octanol–water partition coefficient (Wildman–Crippen LogP) is 11.9. The number of benzene rings is 3. The lowest BCUT2D eigenvalue weighted by Gasteiger charge is -2.25. The first-order valence-electron chi connectivity index (χ1n) is 16.9. The van der Waals surface area contributed by atoms with E-state index in [0.717, 1.165) is 50.7 Å². The Morgan fingerprint density at radius 2 is 1.57 bits per heavy atom. The number of allylic oxidation sites excluding steroid dienone is 7. The van der Waals surface area contributed by atoms with Gasteiger partial charge in [0.1, 0.15) is 0 Å². The van der Waals surface area contributed by atoms with Crippen LogP contribution in [0.15, 0.2) is 139 Å². The molecule has 2 aliphatic heterocycles. The molecule has 248 valence electrons. The van der Waals surface area contributed by atoms with Crippen molar-refractivity contribution >= 4 is 58.0 Å². The fourth-order valence-corrected chi connectivity index (χ4v) is 10.3. The van der Waals surface area contributed by atoms with E-state index in [1.54, 1.807) is 34.9 Å². The minimum absolute atomic E-state index is 0.0740. The van der Waals surface area contributed by atoms with Crippen molar-refractivity contribution in [1.29, 1.82) is 0 Å². The molecule has 1 aliphatic carbocycles. The number of hydrogen-bond donors (Lipinski definition) is 0. The van der Waals surface area contributed by atoms with Crippen molar-refractivity contribution < 1.29 is 0 Å². The van der Waals surface area contributed by atoms with Crippen molar-refractivity contribution in [3.8, 4) is 0 Å². The summed E-state index contributed by atoms with van der Waals surface area (Å²) in [7, 11) is 2.19. The summed E-state index contributed by atoms with van der Waals surface area (Å²) in [4.78, 5) is 8.69. The number of hydrogen-bond acceptors (Lipinski definition) is 7. The zero-order valence-electron chi connectivity index (χ0n) is 28.9. The molecule has 0 amide bonds. The van der Waals surface area contributed by atoms with Gasteiger partial charge in [-0.3, -0.25) is 4.99 Å².